The van der Waals surface area contributed by atoms with Gasteiger partial charge >= 0.3 is 0 Å². The van der Waals surface area contributed by atoms with Gasteiger partial charge < -0.3 is 14.2 Å². The Labute approximate surface area is 71.0 Å². The molecule has 0 aromatic heterocycles. The molecule has 0 spiro atoms. The van der Waals surface area contributed by atoms with Crippen molar-refractivity contribution in [3.63, 3.8) is 0 Å². The van der Waals surface area contributed by atoms with Crippen LogP contribution in [-0.4, -0.2) is 40.3 Å². The van der Waals surface area contributed by atoms with Gasteiger partial charge in [-0.05, 0) is 5.53 Å². The van der Waals surface area contributed by atoms with Gasteiger partial charge in [0.1, 0.15) is 6.73 Å². The van der Waals surface area contributed by atoms with Crippen molar-refractivity contribution in [1.29, 1.82) is 0 Å². The highest BCUT2D eigenvalue weighted by atomic mass is 16.5. The Morgan fingerprint density at radius 1 is 1.17 bits per heavy atom. The number of rotatable bonds is 8. The van der Waals surface area contributed by atoms with Crippen LogP contribution in [0.3, 0.4) is 0 Å². The van der Waals surface area contributed by atoms with Crippen molar-refractivity contribution in [3.05, 3.63) is 10.4 Å². The second-order valence-corrected chi connectivity index (χ2v) is 1.87. The van der Waals surface area contributed by atoms with Gasteiger partial charge in [0.25, 0.3) is 0 Å². The summed E-state index contributed by atoms with van der Waals surface area (Å²) in [4.78, 5) is 2.52. The monoisotopic (exact) mass is 175 g/mol. The minimum atomic E-state index is 0.0597. The average Bonchev–Trinajstić information content (AvgIpc) is 2.10. The van der Waals surface area contributed by atoms with E-state index in [1.54, 1.807) is 7.11 Å². The van der Waals surface area contributed by atoms with Crippen LogP contribution in [-0.2, 0) is 14.2 Å². The first-order chi connectivity index (χ1) is 5.91. The molecule has 0 atom stereocenters. The fourth-order valence-electron chi connectivity index (χ4n) is 0.493. The summed E-state index contributed by atoms with van der Waals surface area (Å²) in [6.07, 6.45) is 0. The van der Waals surface area contributed by atoms with E-state index in [1.165, 1.54) is 0 Å². The highest BCUT2D eigenvalue weighted by Crippen LogP contribution is 1.80. The molecular weight excluding hydrogens is 162 g/mol. The van der Waals surface area contributed by atoms with Crippen LogP contribution >= 0.6 is 0 Å². The summed E-state index contributed by atoms with van der Waals surface area (Å²) in [5.41, 5.74) is 7.87. The lowest BCUT2D eigenvalue weighted by Crippen LogP contribution is -2.08. The van der Waals surface area contributed by atoms with Crippen molar-refractivity contribution in [2.24, 2.45) is 5.11 Å². The molecule has 0 amide bonds. The van der Waals surface area contributed by atoms with Crippen molar-refractivity contribution in [1.82, 2.24) is 0 Å². The maximum atomic E-state index is 7.87. The van der Waals surface area contributed by atoms with Gasteiger partial charge in [0.15, 0.2) is 0 Å². The van der Waals surface area contributed by atoms with Gasteiger partial charge in [-0.3, -0.25) is 0 Å². The molecule has 0 saturated heterocycles. The number of hydrogen-bond donors (Lipinski definition) is 0. The molecule has 0 aliphatic heterocycles. The number of ether oxygens (including phenoxy) is 3. The summed E-state index contributed by atoms with van der Waals surface area (Å²) < 4.78 is 14.7. The smallest absolute Gasteiger partial charge is 0.126 e. The fraction of sp³-hybridized carbons (Fsp3) is 1.00. The minimum absolute atomic E-state index is 0.0597. The Hall–Kier alpha value is -0.810. The lowest BCUT2D eigenvalue weighted by atomic mass is 10.7. The Kier molecular flexibility index (Phi) is 9.50. The third kappa shape index (κ3) is 9.19. The van der Waals surface area contributed by atoms with E-state index in [9.17, 15) is 0 Å². The normalized spacial score (nSPS) is 9.42. The molecule has 0 rings (SSSR count). The van der Waals surface area contributed by atoms with Gasteiger partial charge in [-0.25, -0.2) is 0 Å². The molecule has 0 heterocycles. The van der Waals surface area contributed by atoms with E-state index in [-0.39, 0.29) is 6.73 Å². The van der Waals surface area contributed by atoms with E-state index >= 15 is 0 Å². The standard InChI is InChI=1S/C6H13N3O3/c1-10-2-3-11-4-5-12-6-8-9-7/h2-6H2,1H3. The van der Waals surface area contributed by atoms with E-state index in [2.05, 4.69) is 10.0 Å². The highest BCUT2D eigenvalue weighted by molar-refractivity contribution is 4.37. The maximum Gasteiger partial charge on any atom is 0.126 e. The van der Waals surface area contributed by atoms with E-state index in [1.807, 2.05) is 0 Å². The number of nitrogens with zero attached hydrogens (tertiary/aromatic N) is 3. The zero-order valence-corrected chi connectivity index (χ0v) is 7.10. The zero-order chi connectivity index (χ0) is 9.07. The van der Waals surface area contributed by atoms with Crippen molar-refractivity contribution in [3.8, 4) is 0 Å². The molecule has 0 aromatic carbocycles. The second kappa shape index (κ2) is 10.2. The maximum absolute atomic E-state index is 7.87. The molecule has 0 aliphatic carbocycles. The highest BCUT2D eigenvalue weighted by Gasteiger charge is 1.87. The molecule has 0 aromatic rings. The lowest BCUT2D eigenvalue weighted by molar-refractivity contribution is 0.0264. The van der Waals surface area contributed by atoms with Crippen LogP contribution in [0, 0.1) is 0 Å². The van der Waals surface area contributed by atoms with Crippen LogP contribution in [0.5, 0.6) is 0 Å². The van der Waals surface area contributed by atoms with Crippen molar-refractivity contribution in [2.75, 3.05) is 40.3 Å². The molecule has 0 N–H and O–H groups in total. The predicted octanol–water partition coefficient (Wildman–Crippen LogP) is 0.934. The van der Waals surface area contributed by atoms with Crippen LogP contribution in [0.2, 0.25) is 0 Å². The van der Waals surface area contributed by atoms with Gasteiger partial charge in [-0.1, -0.05) is 5.11 Å². The summed E-state index contributed by atoms with van der Waals surface area (Å²) in [5.74, 6) is 0. The Bertz CT molecular complexity index is 136. The second-order valence-electron chi connectivity index (χ2n) is 1.87. The fourth-order valence-corrected chi connectivity index (χ4v) is 0.493. The van der Waals surface area contributed by atoms with Crippen LogP contribution < -0.4 is 0 Å². The molecule has 0 saturated carbocycles. The first-order valence-corrected chi connectivity index (χ1v) is 3.57. The van der Waals surface area contributed by atoms with Crippen LogP contribution in [0.1, 0.15) is 0 Å². The van der Waals surface area contributed by atoms with Crippen molar-refractivity contribution >= 4 is 0 Å². The quantitative estimate of drug-likeness (QED) is 0.238. The van der Waals surface area contributed by atoms with Crippen LogP contribution in [0.4, 0.5) is 0 Å². The van der Waals surface area contributed by atoms with Gasteiger partial charge in [-0.15, -0.1) is 0 Å². The Morgan fingerprint density at radius 3 is 2.50 bits per heavy atom. The lowest BCUT2D eigenvalue weighted by Gasteiger charge is -2.02. The number of azide groups is 1. The molecule has 0 radical (unpaired) electrons. The third-order valence-corrected chi connectivity index (χ3v) is 1.02. The van der Waals surface area contributed by atoms with Crippen molar-refractivity contribution < 1.29 is 14.2 Å². The summed E-state index contributed by atoms with van der Waals surface area (Å²) in [7, 11) is 1.61. The molecule has 0 aliphatic rings. The summed E-state index contributed by atoms with van der Waals surface area (Å²) in [6, 6.07) is 0. The largest absolute Gasteiger partial charge is 0.382 e. The van der Waals surface area contributed by atoms with Crippen molar-refractivity contribution in [2.45, 2.75) is 0 Å². The van der Waals surface area contributed by atoms with Crippen LogP contribution in [0.25, 0.3) is 10.4 Å². The first-order valence-electron chi connectivity index (χ1n) is 3.57. The van der Waals surface area contributed by atoms with E-state index < -0.39 is 0 Å². The number of methoxy groups -OCH3 is 1. The average molecular weight is 175 g/mol. The summed E-state index contributed by atoms with van der Waals surface area (Å²) >= 11 is 0. The summed E-state index contributed by atoms with van der Waals surface area (Å²) in [5, 5.41) is 3.18. The Morgan fingerprint density at radius 2 is 1.83 bits per heavy atom. The van der Waals surface area contributed by atoms with Crippen LogP contribution in [0.15, 0.2) is 5.11 Å². The number of hydrogen-bond acceptors (Lipinski definition) is 4. The predicted molar refractivity (Wildman–Crippen MR) is 42.7 cm³/mol. The van der Waals surface area contributed by atoms with Gasteiger partial charge in [0.2, 0.25) is 0 Å². The molecule has 0 bridgehead atoms. The van der Waals surface area contributed by atoms with E-state index in [0.717, 1.165) is 0 Å². The van der Waals surface area contributed by atoms with Gasteiger partial charge in [0, 0.05) is 12.0 Å². The van der Waals surface area contributed by atoms with E-state index in [0.29, 0.717) is 26.4 Å². The topological polar surface area (TPSA) is 76.5 Å². The third-order valence-electron chi connectivity index (χ3n) is 1.02. The molecular formula is C6H13N3O3. The molecule has 0 fully saturated rings. The molecule has 6 heteroatoms. The van der Waals surface area contributed by atoms with Gasteiger partial charge in [0.05, 0.1) is 26.4 Å². The Balaban J connectivity index is 2.86. The molecule has 0 unspecified atom stereocenters. The molecule has 70 valence electrons. The molecule has 12 heavy (non-hydrogen) atoms. The SMILES string of the molecule is COCCOCCOCN=[N+]=[N-]. The van der Waals surface area contributed by atoms with E-state index in [4.69, 9.17) is 19.7 Å². The first kappa shape index (κ1) is 11.2. The molecule has 6 nitrogen and oxygen atoms in total. The minimum Gasteiger partial charge on any atom is -0.382 e. The van der Waals surface area contributed by atoms with Gasteiger partial charge in [-0.2, -0.15) is 0 Å². The summed E-state index contributed by atoms with van der Waals surface area (Å²) in [6.45, 7) is 2.12. The zero-order valence-electron chi connectivity index (χ0n) is 7.10.